The number of nitrogens with zero attached hydrogens (tertiary/aromatic N) is 2. The van der Waals surface area contributed by atoms with Crippen molar-refractivity contribution in [2.45, 2.75) is 26.6 Å². The fourth-order valence-electron chi connectivity index (χ4n) is 2.80. The molecule has 0 saturated carbocycles. The second kappa shape index (κ2) is 10.4. The predicted molar refractivity (Wildman–Crippen MR) is 113 cm³/mol. The number of hydrogen-bond donors (Lipinski definition) is 2. The lowest BCUT2D eigenvalue weighted by Crippen LogP contribution is -2.36. The van der Waals surface area contributed by atoms with Crippen LogP contribution in [0.25, 0.3) is 11.5 Å². The van der Waals surface area contributed by atoms with Gasteiger partial charge in [-0.05, 0) is 31.2 Å². The quantitative estimate of drug-likeness (QED) is 0.413. The Kier molecular flexibility index (Phi) is 7.42. The van der Waals surface area contributed by atoms with E-state index in [9.17, 15) is 8.78 Å². The molecule has 0 radical (unpaired) electrons. The zero-order valence-electron chi connectivity index (χ0n) is 17.5. The Hall–Kier alpha value is -3.62. The minimum absolute atomic E-state index is 0.0385. The average molecular weight is 430 g/mol. The van der Waals surface area contributed by atoms with Gasteiger partial charge in [0, 0.05) is 30.8 Å². The van der Waals surface area contributed by atoms with E-state index in [-0.39, 0.29) is 12.3 Å². The molecule has 31 heavy (non-hydrogen) atoms. The molecule has 0 unspecified atom stereocenters. The molecule has 0 amide bonds. The molecule has 0 atom stereocenters. The molecular weight excluding hydrogens is 406 g/mol. The van der Waals surface area contributed by atoms with E-state index in [0.29, 0.717) is 35.4 Å². The van der Waals surface area contributed by atoms with E-state index in [4.69, 9.17) is 9.15 Å². The lowest BCUT2D eigenvalue weighted by Gasteiger charge is -2.15. The number of aromatic nitrogens is 1. The van der Waals surface area contributed by atoms with Gasteiger partial charge in [-0.1, -0.05) is 17.7 Å². The molecule has 0 saturated heterocycles. The first kappa shape index (κ1) is 22.1. The van der Waals surface area contributed by atoms with Gasteiger partial charge >= 0.3 is 6.61 Å². The first-order valence-corrected chi connectivity index (χ1v) is 9.56. The van der Waals surface area contributed by atoms with E-state index in [2.05, 4.69) is 25.3 Å². The first-order chi connectivity index (χ1) is 15.0. The number of alkyl halides is 2. The largest absolute Gasteiger partial charge is 0.497 e. The number of methoxy groups -OCH3 is 1. The summed E-state index contributed by atoms with van der Waals surface area (Å²) >= 11 is 0. The van der Waals surface area contributed by atoms with E-state index >= 15 is 0 Å². The summed E-state index contributed by atoms with van der Waals surface area (Å²) in [6.45, 7) is -0.322. The second-order valence-corrected chi connectivity index (χ2v) is 6.64. The second-order valence-electron chi connectivity index (χ2n) is 6.64. The summed E-state index contributed by atoms with van der Waals surface area (Å²) in [5.41, 5.74) is 3.29. The number of guanidine groups is 1. The van der Waals surface area contributed by atoms with Crippen molar-refractivity contribution in [3.8, 4) is 23.0 Å². The first-order valence-electron chi connectivity index (χ1n) is 9.56. The lowest BCUT2D eigenvalue weighted by molar-refractivity contribution is -0.0505. The Morgan fingerprint density at radius 2 is 1.87 bits per heavy atom. The van der Waals surface area contributed by atoms with Gasteiger partial charge in [0.05, 0.1) is 19.3 Å². The highest BCUT2D eigenvalue weighted by Gasteiger charge is 2.12. The van der Waals surface area contributed by atoms with Crippen molar-refractivity contribution in [1.82, 2.24) is 15.6 Å². The number of ether oxygens (including phenoxy) is 2. The van der Waals surface area contributed by atoms with E-state index in [1.54, 1.807) is 25.4 Å². The maximum absolute atomic E-state index is 12.7. The number of nitrogens with one attached hydrogen (secondary N) is 2. The highest BCUT2D eigenvalue weighted by atomic mass is 19.3. The minimum Gasteiger partial charge on any atom is -0.497 e. The molecule has 3 aromatic rings. The van der Waals surface area contributed by atoms with Crippen LogP contribution in [0.15, 0.2) is 58.1 Å². The Labute approximate surface area is 179 Å². The van der Waals surface area contributed by atoms with Crippen LogP contribution in [0.3, 0.4) is 0 Å². The van der Waals surface area contributed by atoms with Crippen LogP contribution >= 0.6 is 0 Å². The molecule has 3 rings (SSSR count). The molecule has 0 fully saturated rings. The number of aryl methyl sites for hydroxylation is 1. The molecule has 0 aliphatic rings. The maximum atomic E-state index is 12.7. The monoisotopic (exact) mass is 430 g/mol. The lowest BCUT2D eigenvalue weighted by atomic mass is 10.1. The van der Waals surface area contributed by atoms with Crippen LogP contribution in [-0.4, -0.2) is 31.7 Å². The Bertz CT molecular complexity index is 1020. The van der Waals surface area contributed by atoms with Gasteiger partial charge in [0.15, 0.2) is 5.96 Å². The highest BCUT2D eigenvalue weighted by molar-refractivity contribution is 5.79. The molecule has 7 nitrogen and oxygen atoms in total. The van der Waals surface area contributed by atoms with Gasteiger partial charge < -0.3 is 24.5 Å². The smallest absolute Gasteiger partial charge is 0.387 e. The highest BCUT2D eigenvalue weighted by Crippen LogP contribution is 2.26. The fourth-order valence-corrected chi connectivity index (χ4v) is 2.80. The van der Waals surface area contributed by atoms with Gasteiger partial charge in [-0.25, -0.2) is 4.98 Å². The van der Waals surface area contributed by atoms with Crippen LogP contribution in [0.5, 0.6) is 11.5 Å². The van der Waals surface area contributed by atoms with E-state index in [0.717, 1.165) is 11.1 Å². The van der Waals surface area contributed by atoms with Gasteiger partial charge in [-0.15, -0.1) is 0 Å². The van der Waals surface area contributed by atoms with E-state index in [1.165, 1.54) is 13.2 Å². The number of hydrogen-bond acceptors (Lipinski definition) is 5. The van der Waals surface area contributed by atoms with Crippen molar-refractivity contribution in [2.24, 2.45) is 4.99 Å². The Morgan fingerprint density at radius 3 is 2.55 bits per heavy atom. The fraction of sp³-hybridized carbons (Fsp3) is 0.273. The number of oxazole rings is 1. The third-order valence-electron chi connectivity index (χ3n) is 4.45. The van der Waals surface area contributed by atoms with Crippen LogP contribution < -0.4 is 20.1 Å². The summed E-state index contributed by atoms with van der Waals surface area (Å²) in [5, 5.41) is 6.18. The van der Waals surface area contributed by atoms with E-state index in [1.807, 2.05) is 31.2 Å². The molecule has 0 bridgehead atoms. The predicted octanol–water partition coefficient (Wildman–Crippen LogP) is 4.13. The molecule has 1 heterocycles. The molecule has 0 spiro atoms. The molecule has 2 N–H and O–H groups in total. The summed E-state index contributed by atoms with van der Waals surface area (Å²) in [6, 6.07) is 12.6. The third kappa shape index (κ3) is 6.18. The topological polar surface area (TPSA) is 80.9 Å². The van der Waals surface area contributed by atoms with Crippen LogP contribution in [0, 0.1) is 6.92 Å². The zero-order chi connectivity index (χ0) is 22.2. The standard InChI is InChI=1S/C22H24F2N4O3/c1-14-4-6-15(7-5-14)20-28-17(13-30-20)12-27-22(25-2)26-11-16-8-9-18(29-3)10-19(16)31-21(23)24/h4-10,13,21H,11-12H2,1-3H3,(H2,25,26,27). The van der Waals surface area contributed by atoms with Gasteiger partial charge in [-0.3, -0.25) is 4.99 Å². The van der Waals surface area contributed by atoms with Gasteiger partial charge in [-0.2, -0.15) is 8.78 Å². The van der Waals surface area contributed by atoms with Crippen molar-refractivity contribution in [3.05, 3.63) is 65.5 Å². The Morgan fingerprint density at radius 1 is 1.13 bits per heavy atom. The van der Waals surface area contributed by atoms with Crippen molar-refractivity contribution < 1.29 is 22.7 Å². The SMILES string of the molecule is CN=C(NCc1coc(-c2ccc(C)cc2)n1)NCc1ccc(OC)cc1OC(F)F. The van der Waals surface area contributed by atoms with Crippen LogP contribution in [-0.2, 0) is 13.1 Å². The molecule has 0 aliphatic heterocycles. The van der Waals surface area contributed by atoms with Gasteiger partial charge in [0.1, 0.15) is 17.8 Å². The number of rotatable bonds is 8. The average Bonchev–Trinajstić information content (AvgIpc) is 3.23. The van der Waals surface area contributed by atoms with Crippen LogP contribution in [0.2, 0.25) is 0 Å². The summed E-state index contributed by atoms with van der Waals surface area (Å²) in [6.07, 6.45) is 1.58. The summed E-state index contributed by atoms with van der Waals surface area (Å²) in [4.78, 5) is 8.61. The molecule has 2 aromatic carbocycles. The summed E-state index contributed by atoms with van der Waals surface area (Å²) < 4.78 is 40.7. The van der Waals surface area contributed by atoms with Crippen molar-refractivity contribution >= 4 is 5.96 Å². The Balaban J connectivity index is 1.59. The number of aliphatic imine (C=N–C) groups is 1. The van der Waals surface area contributed by atoms with Crippen molar-refractivity contribution in [2.75, 3.05) is 14.2 Å². The molecule has 0 aliphatic carbocycles. The van der Waals surface area contributed by atoms with Crippen molar-refractivity contribution in [1.29, 1.82) is 0 Å². The normalized spacial score (nSPS) is 11.5. The summed E-state index contributed by atoms with van der Waals surface area (Å²) in [7, 11) is 3.07. The minimum atomic E-state index is -2.93. The van der Waals surface area contributed by atoms with Gasteiger partial charge in [0.2, 0.25) is 5.89 Å². The van der Waals surface area contributed by atoms with Crippen LogP contribution in [0.1, 0.15) is 16.8 Å². The number of benzene rings is 2. The zero-order valence-corrected chi connectivity index (χ0v) is 17.5. The van der Waals surface area contributed by atoms with Crippen LogP contribution in [0.4, 0.5) is 8.78 Å². The molecule has 1 aromatic heterocycles. The third-order valence-corrected chi connectivity index (χ3v) is 4.45. The van der Waals surface area contributed by atoms with Gasteiger partial charge in [0.25, 0.3) is 0 Å². The molecule has 9 heteroatoms. The number of halogens is 2. The van der Waals surface area contributed by atoms with E-state index < -0.39 is 6.61 Å². The summed E-state index contributed by atoms with van der Waals surface area (Å²) in [5.74, 6) is 1.47. The van der Waals surface area contributed by atoms with Crippen molar-refractivity contribution in [3.63, 3.8) is 0 Å². The maximum Gasteiger partial charge on any atom is 0.387 e. The molecular formula is C22H24F2N4O3. The molecule has 164 valence electrons.